The van der Waals surface area contributed by atoms with Gasteiger partial charge in [0.1, 0.15) is 0 Å². The highest BCUT2D eigenvalue weighted by Crippen LogP contribution is 2.00. The number of hydrogen-bond donors (Lipinski definition) is 0. The predicted octanol–water partition coefficient (Wildman–Crippen LogP) is 2.60. The molecule has 0 bridgehead atoms. The largest absolute Gasteiger partial charge is 0.376 e. The molecule has 1 aromatic carbocycles. The van der Waals surface area contributed by atoms with Crippen molar-refractivity contribution in [1.29, 1.82) is 0 Å². The van der Waals surface area contributed by atoms with Gasteiger partial charge in [-0.1, -0.05) is 46.3 Å². The predicted molar refractivity (Wildman–Crippen MR) is 49.9 cm³/mol. The lowest BCUT2D eigenvalue weighted by molar-refractivity contribution is 0.137. The number of halogens is 1. The summed E-state index contributed by atoms with van der Waals surface area (Å²) in [4.78, 5) is 0. The van der Waals surface area contributed by atoms with Gasteiger partial charge in [-0.15, -0.1) is 0 Å². The summed E-state index contributed by atoms with van der Waals surface area (Å²) in [6, 6.07) is 9.07. The highest BCUT2D eigenvalue weighted by Gasteiger charge is 1.88. The molecule has 0 aromatic heterocycles. The Labute approximate surface area is 81.1 Å². The molecule has 11 heavy (non-hydrogen) atoms. The topological polar surface area (TPSA) is 9.23 Å². The molecule has 2 heteroatoms. The van der Waals surface area contributed by atoms with Crippen molar-refractivity contribution in [1.82, 2.24) is 0 Å². The van der Waals surface area contributed by atoms with E-state index in [1.807, 2.05) is 18.2 Å². The molecular formula is C9H11BrO. The highest BCUT2D eigenvalue weighted by molar-refractivity contribution is 9.09. The Morgan fingerprint density at radius 1 is 1.36 bits per heavy atom. The van der Waals surface area contributed by atoms with Crippen LogP contribution >= 0.6 is 15.9 Å². The fourth-order valence-electron chi connectivity index (χ4n) is 0.721. The van der Waals surface area contributed by atoms with Gasteiger partial charge in [0, 0.05) is 8.02 Å². The molecule has 0 saturated heterocycles. The Morgan fingerprint density at radius 2 is 2.09 bits per heavy atom. The molecule has 60 valence electrons. The lowest BCUT2D eigenvalue weighted by Crippen LogP contribution is -1.95. The van der Waals surface area contributed by atoms with Crippen molar-refractivity contribution in [3.63, 3.8) is 0 Å². The summed E-state index contributed by atoms with van der Waals surface area (Å²) >= 11 is 2.61. The van der Waals surface area contributed by atoms with Crippen molar-refractivity contribution in [2.24, 2.45) is 0 Å². The molecule has 0 spiro atoms. The van der Waals surface area contributed by atoms with Gasteiger partial charge in [0.2, 0.25) is 0 Å². The molecule has 0 amide bonds. The molecule has 0 fully saturated rings. The van der Waals surface area contributed by atoms with E-state index < -0.39 is 11.8 Å². The van der Waals surface area contributed by atoms with E-state index in [1.165, 1.54) is 0 Å². The zero-order valence-corrected chi connectivity index (χ0v) is 7.47. The summed E-state index contributed by atoms with van der Waals surface area (Å²) in [5.74, 6) is 0. The van der Waals surface area contributed by atoms with Crippen LogP contribution in [0, 0.1) is 0 Å². The van der Waals surface area contributed by atoms with Gasteiger partial charge in [0.05, 0.1) is 15.9 Å². The van der Waals surface area contributed by atoms with E-state index in [1.54, 1.807) is 12.1 Å². The number of alkyl halides is 1. The Kier molecular flexibility index (Phi) is 2.24. The Bertz CT molecular complexity index is 310. The molecule has 1 rings (SSSR count). The van der Waals surface area contributed by atoms with Crippen LogP contribution < -0.4 is 0 Å². The Morgan fingerprint density at radius 3 is 2.73 bits per heavy atom. The molecule has 1 nitrogen and oxygen atoms in total. The number of benzene rings is 1. The molecule has 0 saturated carbocycles. The fourth-order valence-corrected chi connectivity index (χ4v) is 0.835. The van der Waals surface area contributed by atoms with Crippen LogP contribution in [0.3, 0.4) is 0 Å². The first-order valence-corrected chi connectivity index (χ1v) is 3.99. The molecule has 0 aliphatic heterocycles. The smallest absolute Gasteiger partial charge is 0.0717 e. The minimum absolute atomic E-state index is 0.0406. The van der Waals surface area contributed by atoms with E-state index in [9.17, 15) is 0 Å². The van der Waals surface area contributed by atoms with Gasteiger partial charge in [-0.25, -0.2) is 0 Å². The van der Waals surface area contributed by atoms with E-state index in [4.69, 9.17) is 10.2 Å². The average Bonchev–Trinajstić information content (AvgIpc) is 2.15. The van der Waals surface area contributed by atoms with Crippen molar-refractivity contribution in [3.05, 3.63) is 35.9 Å². The maximum absolute atomic E-state index is 7.35. The molecule has 0 unspecified atom stereocenters. The molecule has 1 aromatic rings. The van der Waals surface area contributed by atoms with Gasteiger partial charge in [0.15, 0.2) is 0 Å². The van der Waals surface area contributed by atoms with Crippen LogP contribution in [0.2, 0.25) is 0 Å². The SMILES string of the molecule is [2H]C([2H])(Br)C([2H])([2H])OCc1ccccc1. The zero-order chi connectivity index (χ0) is 11.5. The van der Waals surface area contributed by atoms with Gasteiger partial charge >= 0.3 is 0 Å². The molecule has 0 aliphatic rings. The first kappa shape index (κ1) is 4.63. The van der Waals surface area contributed by atoms with Crippen LogP contribution in [-0.4, -0.2) is 11.8 Å². The second-order valence-corrected chi connectivity index (χ2v) is 2.37. The lowest BCUT2D eigenvalue weighted by Gasteiger charge is -2.00. The van der Waals surface area contributed by atoms with Gasteiger partial charge in [0.25, 0.3) is 0 Å². The van der Waals surface area contributed by atoms with Gasteiger partial charge in [-0.2, -0.15) is 0 Å². The van der Waals surface area contributed by atoms with Gasteiger partial charge in [-0.05, 0) is 5.56 Å². The van der Waals surface area contributed by atoms with Crippen LogP contribution in [0.4, 0.5) is 0 Å². The second kappa shape index (κ2) is 5.33. The van der Waals surface area contributed by atoms with Gasteiger partial charge in [-0.3, -0.25) is 0 Å². The average molecular weight is 219 g/mol. The third-order valence-corrected chi connectivity index (χ3v) is 1.35. The summed E-state index contributed by atoms with van der Waals surface area (Å²) < 4.78 is 34.0. The number of ether oxygens (including phenoxy) is 1. The van der Waals surface area contributed by atoms with Crippen molar-refractivity contribution in [2.75, 3.05) is 11.8 Å². The zero-order valence-electron chi connectivity index (χ0n) is 9.88. The van der Waals surface area contributed by atoms with E-state index in [2.05, 4.69) is 15.9 Å². The van der Waals surface area contributed by atoms with E-state index in [-0.39, 0.29) is 6.61 Å². The van der Waals surface area contributed by atoms with Crippen LogP contribution in [0.5, 0.6) is 0 Å². The maximum atomic E-state index is 7.35. The first-order chi connectivity index (χ1) is 6.83. The van der Waals surface area contributed by atoms with Crippen LogP contribution in [0.15, 0.2) is 30.3 Å². The van der Waals surface area contributed by atoms with Crippen LogP contribution in [0.1, 0.15) is 11.0 Å². The molecule has 0 radical (unpaired) electrons. The third kappa shape index (κ3) is 3.54. The highest BCUT2D eigenvalue weighted by atomic mass is 79.9. The standard InChI is InChI=1S/C9H11BrO/c10-6-7-11-8-9-4-2-1-3-5-9/h1-5H,6-8H2/i6D2,7D2. The molecule has 0 aliphatic carbocycles. The van der Waals surface area contributed by atoms with E-state index in [0.717, 1.165) is 5.56 Å². The summed E-state index contributed by atoms with van der Waals surface area (Å²) in [5, 5.41) is -2.20. The Balaban J connectivity index is 2.58. The van der Waals surface area contributed by atoms with Crippen molar-refractivity contribution >= 4 is 15.9 Å². The molecule has 0 heterocycles. The number of hydrogen-bond acceptors (Lipinski definition) is 1. The summed E-state index contributed by atoms with van der Waals surface area (Å²) in [6.45, 7) is -2.32. The summed E-state index contributed by atoms with van der Waals surface area (Å²) in [5.41, 5.74) is 0.804. The van der Waals surface area contributed by atoms with Crippen molar-refractivity contribution in [2.45, 2.75) is 6.61 Å². The summed E-state index contributed by atoms with van der Waals surface area (Å²) in [6.07, 6.45) is 0. The molecule has 0 atom stereocenters. The van der Waals surface area contributed by atoms with Crippen LogP contribution in [-0.2, 0) is 11.3 Å². The summed E-state index contributed by atoms with van der Waals surface area (Å²) in [7, 11) is 0. The molecule has 0 N–H and O–H groups in total. The lowest BCUT2D eigenvalue weighted by atomic mass is 10.2. The van der Waals surface area contributed by atoms with Crippen molar-refractivity contribution < 1.29 is 10.2 Å². The minimum atomic E-state index is -2.36. The quantitative estimate of drug-likeness (QED) is 0.707. The van der Waals surface area contributed by atoms with Crippen molar-refractivity contribution in [3.8, 4) is 0 Å². The fraction of sp³-hybridized carbons (Fsp3) is 0.333. The first-order valence-electron chi connectivity index (χ1n) is 5.20. The number of rotatable bonds is 4. The monoisotopic (exact) mass is 218 g/mol. The molecular weight excluding hydrogens is 204 g/mol. The van der Waals surface area contributed by atoms with E-state index >= 15 is 0 Å². The van der Waals surface area contributed by atoms with Crippen LogP contribution in [0.25, 0.3) is 0 Å². The Hall–Kier alpha value is -0.340. The minimum Gasteiger partial charge on any atom is -0.376 e. The normalized spacial score (nSPS) is 17.9. The second-order valence-electron chi connectivity index (χ2n) is 1.97. The van der Waals surface area contributed by atoms with Gasteiger partial charge < -0.3 is 4.74 Å². The third-order valence-electron chi connectivity index (χ3n) is 1.19. The maximum Gasteiger partial charge on any atom is 0.0717 e. The van der Waals surface area contributed by atoms with E-state index in [0.29, 0.717) is 0 Å².